The van der Waals surface area contributed by atoms with Crippen molar-refractivity contribution in [3.63, 3.8) is 0 Å². The summed E-state index contributed by atoms with van der Waals surface area (Å²) in [6, 6.07) is 5.00. The lowest BCUT2D eigenvalue weighted by Crippen LogP contribution is -2.25. The number of halogens is 2. The van der Waals surface area contributed by atoms with Crippen LogP contribution in [0.4, 0.5) is 8.78 Å². The molecule has 19 heavy (non-hydrogen) atoms. The fraction of sp³-hybridized carbons (Fsp3) is 0.500. The molecule has 0 spiro atoms. The van der Waals surface area contributed by atoms with Crippen LogP contribution < -0.4 is 0 Å². The highest BCUT2D eigenvalue weighted by Crippen LogP contribution is 2.32. The predicted octanol–water partition coefficient (Wildman–Crippen LogP) is 3.00. The first-order chi connectivity index (χ1) is 8.90. The molecular weight excluding hydrogens is 254 g/mol. The maximum Gasteiger partial charge on any atom is 0.329 e. The molecule has 0 aliphatic rings. The van der Waals surface area contributed by atoms with Gasteiger partial charge < -0.3 is 9.84 Å². The van der Waals surface area contributed by atoms with Crippen LogP contribution in [-0.4, -0.2) is 24.3 Å². The van der Waals surface area contributed by atoms with Crippen LogP contribution in [0.2, 0.25) is 0 Å². The SMILES string of the molecule is CCc1ccc(CC)c(C(F)(F)COCC(=O)O)c1. The second-order valence-electron chi connectivity index (χ2n) is 4.29. The van der Waals surface area contributed by atoms with Gasteiger partial charge in [0.1, 0.15) is 13.2 Å². The third-order valence-corrected chi connectivity index (χ3v) is 2.87. The molecule has 1 aromatic carbocycles. The molecule has 0 amide bonds. The van der Waals surface area contributed by atoms with E-state index >= 15 is 0 Å². The predicted molar refractivity (Wildman–Crippen MR) is 67.5 cm³/mol. The van der Waals surface area contributed by atoms with Crippen molar-refractivity contribution in [3.8, 4) is 0 Å². The van der Waals surface area contributed by atoms with Crippen LogP contribution in [0.5, 0.6) is 0 Å². The zero-order chi connectivity index (χ0) is 14.5. The van der Waals surface area contributed by atoms with Gasteiger partial charge in [0.15, 0.2) is 0 Å². The van der Waals surface area contributed by atoms with E-state index in [0.717, 1.165) is 5.56 Å². The summed E-state index contributed by atoms with van der Waals surface area (Å²) in [4.78, 5) is 10.3. The highest BCUT2D eigenvalue weighted by atomic mass is 19.3. The Labute approximate surface area is 111 Å². The number of alkyl halides is 2. The minimum Gasteiger partial charge on any atom is -0.480 e. The van der Waals surface area contributed by atoms with Crippen LogP contribution in [-0.2, 0) is 28.3 Å². The molecule has 0 saturated heterocycles. The van der Waals surface area contributed by atoms with E-state index in [0.29, 0.717) is 18.4 Å². The second-order valence-corrected chi connectivity index (χ2v) is 4.29. The number of aliphatic carboxylic acids is 1. The summed E-state index contributed by atoms with van der Waals surface area (Å²) >= 11 is 0. The lowest BCUT2D eigenvalue weighted by atomic mass is 9.96. The van der Waals surface area contributed by atoms with Crippen molar-refractivity contribution in [1.29, 1.82) is 0 Å². The van der Waals surface area contributed by atoms with Gasteiger partial charge in [0.2, 0.25) is 0 Å². The first kappa shape index (κ1) is 15.6. The zero-order valence-corrected chi connectivity index (χ0v) is 11.1. The summed E-state index contributed by atoms with van der Waals surface area (Å²) in [5, 5.41) is 8.39. The van der Waals surface area contributed by atoms with Crippen LogP contribution >= 0.6 is 0 Å². The molecule has 0 unspecified atom stereocenters. The highest BCUT2D eigenvalue weighted by molar-refractivity contribution is 5.68. The molecule has 0 atom stereocenters. The second kappa shape index (κ2) is 6.61. The maximum absolute atomic E-state index is 14.1. The Hall–Kier alpha value is -1.49. The van der Waals surface area contributed by atoms with Gasteiger partial charge in [-0.3, -0.25) is 0 Å². The highest BCUT2D eigenvalue weighted by Gasteiger charge is 2.34. The Bertz CT molecular complexity index is 444. The van der Waals surface area contributed by atoms with E-state index in [1.807, 2.05) is 13.0 Å². The molecule has 106 valence electrons. The monoisotopic (exact) mass is 272 g/mol. The van der Waals surface area contributed by atoms with Gasteiger partial charge >= 0.3 is 5.97 Å². The molecule has 1 rings (SSSR count). The minimum atomic E-state index is -3.17. The van der Waals surface area contributed by atoms with Crippen molar-refractivity contribution in [3.05, 3.63) is 34.9 Å². The molecule has 5 heteroatoms. The van der Waals surface area contributed by atoms with E-state index in [-0.39, 0.29) is 5.56 Å². The Kier molecular flexibility index (Phi) is 5.42. The van der Waals surface area contributed by atoms with Crippen molar-refractivity contribution in [2.24, 2.45) is 0 Å². The number of rotatable bonds is 7. The molecule has 0 radical (unpaired) electrons. The molecule has 0 aliphatic heterocycles. The minimum absolute atomic E-state index is 0.0697. The Balaban J connectivity index is 2.94. The van der Waals surface area contributed by atoms with Crippen molar-refractivity contribution in [1.82, 2.24) is 0 Å². The summed E-state index contributed by atoms with van der Waals surface area (Å²) in [7, 11) is 0. The van der Waals surface area contributed by atoms with Crippen LogP contribution in [0.3, 0.4) is 0 Å². The number of carboxylic acids is 1. The lowest BCUT2D eigenvalue weighted by Gasteiger charge is -2.20. The average Bonchev–Trinajstić information content (AvgIpc) is 2.37. The van der Waals surface area contributed by atoms with Crippen molar-refractivity contribution in [2.75, 3.05) is 13.2 Å². The third-order valence-electron chi connectivity index (χ3n) is 2.87. The van der Waals surface area contributed by atoms with Gasteiger partial charge in [0.05, 0.1) is 0 Å². The summed E-state index contributed by atoms with van der Waals surface area (Å²) in [5.41, 5.74) is 1.31. The molecule has 1 aromatic rings. The smallest absolute Gasteiger partial charge is 0.329 e. The molecule has 0 bridgehead atoms. The van der Waals surface area contributed by atoms with Crippen molar-refractivity contribution in [2.45, 2.75) is 32.6 Å². The molecule has 0 saturated carbocycles. The number of hydrogen-bond acceptors (Lipinski definition) is 2. The van der Waals surface area contributed by atoms with Gasteiger partial charge in [-0.2, -0.15) is 8.78 Å². The third kappa shape index (κ3) is 4.28. The van der Waals surface area contributed by atoms with Crippen molar-refractivity contribution < 1.29 is 23.4 Å². The summed E-state index contributed by atoms with van der Waals surface area (Å²) < 4.78 is 32.6. The van der Waals surface area contributed by atoms with Crippen LogP contribution in [0, 0.1) is 0 Å². The fourth-order valence-corrected chi connectivity index (χ4v) is 1.84. The van der Waals surface area contributed by atoms with Crippen molar-refractivity contribution >= 4 is 5.97 Å². The molecule has 0 fully saturated rings. The summed E-state index contributed by atoms with van der Waals surface area (Å²) in [5.74, 6) is -4.43. The summed E-state index contributed by atoms with van der Waals surface area (Å²) in [6.45, 7) is 2.06. The Morgan fingerprint density at radius 2 is 2.00 bits per heavy atom. The fourth-order valence-electron chi connectivity index (χ4n) is 1.84. The van der Waals surface area contributed by atoms with E-state index in [9.17, 15) is 13.6 Å². The van der Waals surface area contributed by atoms with E-state index in [4.69, 9.17) is 5.11 Å². The summed E-state index contributed by atoms with van der Waals surface area (Å²) in [6.07, 6.45) is 1.16. The normalized spacial score (nSPS) is 11.6. The van der Waals surface area contributed by atoms with Gasteiger partial charge in [-0.1, -0.05) is 26.0 Å². The van der Waals surface area contributed by atoms with Crippen LogP contribution in [0.1, 0.15) is 30.5 Å². The van der Waals surface area contributed by atoms with E-state index < -0.39 is 25.1 Å². The first-order valence-corrected chi connectivity index (χ1v) is 6.20. The first-order valence-electron chi connectivity index (χ1n) is 6.20. The van der Waals surface area contributed by atoms with E-state index in [2.05, 4.69) is 4.74 Å². The average molecular weight is 272 g/mol. The van der Waals surface area contributed by atoms with Gasteiger partial charge in [-0.15, -0.1) is 0 Å². The quantitative estimate of drug-likeness (QED) is 0.830. The number of carbonyl (C=O) groups is 1. The zero-order valence-electron chi connectivity index (χ0n) is 11.1. The number of benzene rings is 1. The maximum atomic E-state index is 14.1. The van der Waals surface area contributed by atoms with Gasteiger partial charge in [-0.25, -0.2) is 4.79 Å². The molecule has 0 heterocycles. The molecular formula is C14H18F2O3. The molecule has 0 aliphatic carbocycles. The van der Waals surface area contributed by atoms with Crippen LogP contribution in [0.15, 0.2) is 18.2 Å². The number of carboxylic acid groups (broad SMARTS) is 1. The lowest BCUT2D eigenvalue weighted by molar-refractivity contribution is -0.147. The van der Waals surface area contributed by atoms with Crippen LogP contribution in [0.25, 0.3) is 0 Å². The molecule has 3 nitrogen and oxygen atoms in total. The van der Waals surface area contributed by atoms with E-state index in [1.54, 1.807) is 13.0 Å². The van der Waals surface area contributed by atoms with Gasteiger partial charge in [0.25, 0.3) is 5.92 Å². The largest absolute Gasteiger partial charge is 0.480 e. The van der Waals surface area contributed by atoms with Gasteiger partial charge in [-0.05, 0) is 30.0 Å². The van der Waals surface area contributed by atoms with Gasteiger partial charge in [0, 0.05) is 5.56 Å². The standard InChI is InChI=1S/C14H18F2O3/c1-3-10-5-6-11(4-2)12(7-10)14(15,16)9-19-8-13(17)18/h5-7H,3-4,8-9H2,1-2H3,(H,17,18). The number of hydrogen-bond donors (Lipinski definition) is 1. The Morgan fingerprint density at radius 1 is 1.32 bits per heavy atom. The molecule has 1 N–H and O–H groups in total. The number of aryl methyl sites for hydroxylation is 2. The topological polar surface area (TPSA) is 46.5 Å². The van der Waals surface area contributed by atoms with E-state index in [1.165, 1.54) is 6.07 Å². The number of ether oxygens (including phenoxy) is 1. The Morgan fingerprint density at radius 3 is 2.53 bits per heavy atom. The molecule has 0 aromatic heterocycles.